The highest BCUT2D eigenvalue weighted by Crippen LogP contribution is 2.17. The molecule has 1 aromatic rings. The second-order valence-electron chi connectivity index (χ2n) is 5.08. The van der Waals surface area contributed by atoms with Crippen LogP contribution in [0.25, 0.3) is 0 Å². The van der Waals surface area contributed by atoms with Gasteiger partial charge in [-0.3, -0.25) is 4.21 Å². The number of nitrogens with one attached hydrogen (secondary N) is 1. The molecule has 110 valence electrons. The summed E-state index contributed by atoms with van der Waals surface area (Å²) in [6, 6.07) is 4.35. The van der Waals surface area contributed by atoms with Crippen LogP contribution in [0.15, 0.2) is 18.2 Å². The minimum absolute atomic E-state index is 0.101. The predicted octanol–water partition coefficient (Wildman–Crippen LogP) is 2.51. The summed E-state index contributed by atoms with van der Waals surface area (Å²) in [5.41, 5.74) is 0.985. The fourth-order valence-corrected chi connectivity index (χ4v) is 3.27. The molecule has 0 saturated carbocycles. The molecule has 1 fully saturated rings. The molecule has 1 aliphatic heterocycles. The molecular weight excluding hydrogens is 279 g/mol. The molecule has 0 radical (unpaired) electrons. The maximum atomic E-state index is 13.7. The Morgan fingerprint density at radius 3 is 2.90 bits per heavy atom. The molecule has 1 heterocycles. The van der Waals surface area contributed by atoms with Crippen LogP contribution < -0.4 is 5.32 Å². The lowest BCUT2D eigenvalue weighted by Crippen LogP contribution is -2.37. The van der Waals surface area contributed by atoms with Crippen LogP contribution in [0.5, 0.6) is 0 Å². The number of nitrogens with zero attached hydrogens (tertiary/aromatic N) is 1. The Kier molecular flexibility index (Phi) is 4.75. The molecule has 0 bridgehead atoms. The van der Waals surface area contributed by atoms with Gasteiger partial charge in [0, 0.05) is 34.9 Å². The minimum atomic E-state index is -0.889. The fraction of sp³-hybridized carbons (Fsp3) is 0.500. The summed E-state index contributed by atoms with van der Waals surface area (Å²) in [5, 5.41) is 2.68. The van der Waals surface area contributed by atoms with Crippen molar-refractivity contribution in [2.24, 2.45) is 0 Å². The van der Waals surface area contributed by atoms with Crippen molar-refractivity contribution >= 4 is 22.5 Å². The summed E-state index contributed by atoms with van der Waals surface area (Å²) in [4.78, 5) is 13.7. The van der Waals surface area contributed by atoms with E-state index in [-0.39, 0.29) is 17.0 Å². The molecule has 0 unspecified atom stereocenters. The van der Waals surface area contributed by atoms with Gasteiger partial charge in [-0.2, -0.15) is 0 Å². The van der Waals surface area contributed by atoms with Crippen LogP contribution in [0, 0.1) is 12.7 Å². The van der Waals surface area contributed by atoms with E-state index in [4.69, 9.17) is 0 Å². The van der Waals surface area contributed by atoms with Crippen molar-refractivity contribution in [2.75, 3.05) is 24.2 Å². The Hall–Kier alpha value is -1.43. The number of rotatable bonds is 1. The lowest BCUT2D eigenvalue weighted by atomic mass is 10.2. The second-order valence-corrected chi connectivity index (χ2v) is 7.06. The molecule has 1 aromatic carbocycles. The number of anilines is 1. The number of carbonyl (C=O) groups excluding carboxylic acids is 1. The Bertz CT molecular complexity index is 536. The van der Waals surface area contributed by atoms with Crippen molar-refractivity contribution in [1.82, 2.24) is 4.90 Å². The third-order valence-corrected chi connectivity index (χ3v) is 5.19. The number of halogens is 1. The maximum Gasteiger partial charge on any atom is 0.321 e. The Balaban J connectivity index is 2.02. The second kappa shape index (κ2) is 6.35. The highest BCUT2D eigenvalue weighted by Gasteiger charge is 2.23. The van der Waals surface area contributed by atoms with E-state index >= 15 is 0 Å². The number of carbonyl (C=O) groups is 1. The van der Waals surface area contributed by atoms with Crippen molar-refractivity contribution < 1.29 is 13.4 Å². The SMILES string of the molecule is Cc1ccc(NC(=O)N2CC[C@@H](C)[S@@](=O)CC2)c(F)c1. The van der Waals surface area contributed by atoms with Crippen molar-refractivity contribution in [1.29, 1.82) is 0 Å². The van der Waals surface area contributed by atoms with E-state index in [1.165, 1.54) is 6.07 Å². The summed E-state index contributed by atoms with van der Waals surface area (Å²) in [6.45, 7) is 4.71. The van der Waals surface area contributed by atoms with Gasteiger partial charge in [0.2, 0.25) is 0 Å². The molecule has 0 spiro atoms. The average molecular weight is 298 g/mol. The molecule has 2 amide bonds. The molecule has 0 aromatic heterocycles. The lowest BCUT2D eigenvalue weighted by Gasteiger charge is -2.20. The van der Waals surface area contributed by atoms with E-state index in [2.05, 4.69) is 5.32 Å². The number of aryl methyl sites for hydroxylation is 1. The van der Waals surface area contributed by atoms with E-state index in [1.807, 2.05) is 6.92 Å². The van der Waals surface area contributed by atoms with Gasteiger partial charge < -0.3 is 10.2 Å². The van der Waals surface area contributed by atoms with Gasteiger partial charge in [0.05, 0.1) is 5.69 Å². The standard InChI is InChI=1S/C14H19FN2O2S/c1-10-3-4-13(12(15)9-10)16-14(18)17-6-5-11(2)20(19)8-7-17/h3-4,9,11H,5-8H2,1-2H3,(H,16,18)/t11-,20+/m1/s1. The monoisotopic (exact) mass is 298 g/mol. The van der Waals surface area contributed by atoms with E-state index < -0.39 is 16.6 Å². The zero-order valence-corrected chi connectivity index (χ0v) is 12.5. The first-order valence-electron chi connectivity index (χ1n) is 6.66. The van der Waals surface area contributed by atoms with Crippen molar-refractivity contribution in [2.45, 2.75) is 25.5 Å². The first kappa shape index (κ1) is 15.0. The van der Waals surface area contributed by atoms with Crippen LogP contribution in [0.3, 0.4) is 0 Å². The number of amides is 2. The quantitative estimate of drug-likeness (QED) is 0.866. The average Bonchev–Trinajstić information content (AvgIpc) is 2.56. The van der Waals surface area contributed by atoms with E-state index in [9.17, 15) is 13.4 Å². The van der Waals surface area contributed by atoms with Crippen LogP contribution in [0.4, 0.5) is 14.9 Å². The van der Waals surface area contributed by atoms with Crippen molar-refractivity contribution in [3.63, 3.8) is 0 Å². The first-order valence-corrected chi connectivity index (χ1v) is 8.05. The van der Waals surface area contributed by atoms with Crippen LogP contribution in [-0.2, 0) is 10.8 Å². The Morgan fingerprint density at radius 1 is 1.45 bits per heavy atom. The highest BCUT2D eigenvalue weighted by atomic mass is 32.2. The minimum Gasteiger partial charge on any atom is -0.324 e. The molecule has 4 nitrogen and oxygen atoms in total. The summed E-state index contributed by atoms with van der Waals surface area (Å²) in [7, 11) is -0.889. The highest BCUT2D eigenvalue weighted by molar-refractivity contribution is 7.85. The smallest absolute Gasteiger partial charge is 0.321 e. The van der Waals surface area contributed by atoms with Crippen molar-refractivity contribution in [3.8, 4) is 0 Å². The number of hydrogen-bond acceptors (Lipinski definition) is 2. The summed E-state index contributed by atoms with van der Waals surface area (Å²) >= 11 is 0. The van der Waals surface area contributed by atoms with Gasteiger partial charge in [0.1, 0.15) is 5.82 Å². The lowest BCUT2D eigenvalue weighted by molar-refractivity contribution is 0.215. The molecule has 1 N–H and O–H groups in total. The molecule has 2 rings (SSSR count). The number of hydrogen-bond donors (Lipinski definition) is 1. The molecule has 20 heavy (non-hydrogen) atoms. The molecule has 6 heteroatoms. The third-order valence-electron chi connectivity index (χ3n) is 3.47. The number of benzene rings is 1. The molecule has 2 atom stereocenters. The molecule has 1 aliphatic rings. The van der Waals surface area contributed by atoms with Gasteiger partial charge in [-0.25, -0.2) is 9.18 Å². The summed E-state index contributed by atoms with van der Waals surface area (Å²) in [6.07, 6.45) is 0.705. The van der Waals surface area contributed by atoms with Gasteiger partial charge >= 0.3 is 6.03 Å². The van der Waals surface area contributed by atoms with E-state index in [0.29, 0.717) is 25.3 Å². The van der Waals surface area contributed by atoms with Gasteiger partial charge in [-0.1, -0.05) is 13.0 Å². The van der Waals surface area contributed by atoms with E-state index in [1.54, 1.807) is 24.0 Å². The van der Waals surface area contributed by atoms with Crippen LogP contribution in [0.2, 0.25) is 0 Å². The zero-order valence-electron chi connectivity index (χ0n) is 11.7. The molecular formula is C14H19FN2O2S. The topological polar surface area (TPSA) is 49.4 Å². The first-order chi connectivity index (χ1) is 9.47. The van der Waals surface area contributed by atoms with Gasteiger partial charge in [-0.15, -0.1) is 0 Å². The predicted molar refractivity (Wildman–Crippen MR) is 78.8 cm³/mol. The Morgan fingerprint density at radius 2 is 2.20 bits per heavy atom. The normalized spacial score (nSPS) is 23.2. The van der Waals surface area contributed by atoms with Crippen molar-refractivity contribution in [3.05, 3.63) is 29.6 Å². The Labute approximate surface area is 120 Å². The van der Waals surface area contributed by atoms with Crippen LogP contribution >= 0.6 is 0 Å². The van der Waals surface area contributed by atoms with Gasteiger partial charge in [0.25, 0.3) is 0 Å². The van der Waals surface area contributed by atoms with Gasteiger partial charge in [0.15, 0.2) is 0 Å². The fourth-order valence-electron chi connectivity index (χ4n) is 2.10. The maximum absolute atomic E-state index is 13.7. The zero-order chi connectivity index (χ0) is 14.7. The summed E-state index contributed by atoms with van der Waals surface area (Å²) in [5.74, 6) is 0.0374. The largest absolute Gasteiger partial charge is 0.324 e. The number of urea groups is 1. The summed E-state index contributed by atoms with van der Waals surface area (Å²) < 4.78 is 25.4. The molecule has 1 saturated heterocycles. The third kappa shape index (κ3) is 3.56. The molecule has 0 aliphatic carbocycles. The van der Waals surface area contributed by atoms with E-state index in [0.717, 1.165) is 5.56 Å². The van der Waals surface area contributed by atoms with Crippen LogP contribution in [0.1, 0.15) is 18.9 Å². The van der Waals surface area contributed by atoms with Crippen LogP contribution in [-0.4, -0.2) is 39.2 Å². The van der Waals surface area contributed by atoms with Gasteiger partial charge in [-0.05, 0) is 31.0 Å².